The number of nitrogens with zero attached hydrogens (tertiary/aromatic N) is 3. The predicted octanol–water partition coefficient (Wildman–Crippen LogP) is 3.82. The van der Waals surface area contributed by atoms with Crippen LogP contribution >= 0.6 is 0 Å². The second-order valence-corrected chi connectivity index (χ2v) is 6.47. The van der Waals surface area contributed by atoms with Crippen LogP contribution in [-0.2, 0) is 6.61 Å². The van der Waals surface area contributed by atoms with Crippen LogP contribution in [-0.4, -0.2) is 24.2 Å². The highest BCUT2D eigenvalue weighted by atomic mass is 16.6. The largest absolute Gasteiger partial charge is 0.496 e. The number of nitriles is 1. The number of hydrogen-bond donors (Lipinski definition) is 1. The molecule has 0 saturated carbocycles. The molecule has 3 rings (SSSR count). The number of amides is 1. The molecule has 1 amide bonds. The van der Waals surface area contributed by atoms with Crippen molar-refractivity contribution in [3.05, 3.63) is 99.1 Å². The van der Waals surface area contributed by atoms with E-state index in [9.17, 15) is 14.9 Å². The van der Waals surface area contributed by atoms with Gasteiger partial charge in [0.15, 0.2) is 0 Å². The Balaban J connectivity index is 1.60. The molecule has 9 heteroatoms. The summed E-state index contributed by atoms with van der Waals surface area (Å²) < 4.78 is 10.8. The minimum Gasteiger partial charge on any atom is -0.496 e. The van der Waals surface area contributed by atoms with Crippen molar-refractivity contribution in [2.45, 2.75) is 6.61 Å². The average molecular weight is 430 g/mol. The van der Waals surface area contributed by atoms with Crippen LogP contribution in [0, 0.1) is 21.4 Å². The molecule has 0 aromatic heterocycles. The summed E-state index contributed by atoms with van der Waals surface area (Å²) >= 11 is 0. The summed E-state index contributed by atoms with van der Waals surface area (Å²) in [5.41, 5.74) is 4.15. The zero-order valence-corrected chi connectivity index (χ0v) is 17.0. The molecule has 1 N–H and O–H groups in total. The van der Waals surface area contributed by atoms with Gasteiger partial charge in [-0.1, -0.05) is 18.2 Å². The molecule has 0 fully saturated rings. The van der Waals surface area contributed by atoms with E-state index in [1.165, 1.54) is 25.5 Å². The molecule has 0 spiro atoms. The van der Waals surface area contributed by atoms with Gasteiger partial charge in [0.25, 0.3) is 11.6 Å². The quantitative estimate of drug-likeness (QED) is 0.329. The molecule has 160 valence electrons. The Morgan fingerprint density at radius 2 is 1.94 bits per heavy atom. The number of benzene rings is 3. The Kier molecular flexibility index (Phi) is 7.12. The second kappa shape index (κ2) is 10.4. The number of nitrogens with one attached hydrogen (secondary N) is 1. The number of nitro benzene ring substituents is 1. The normalized spacial score (nSPS) is 10.4. The first-order valence-electron chi connectivity index (χ1n) is 9.38. The molecule has 0 aliphatic carbocycles. The number of non-ortho nitro benzene ring substituents is 1. The molecule has 0 aliphatic rings. The first kappa shape index (κ1) is 22.0. The van der Waals surface area contributed by atoms with Gasteiger partial charge in [0, 0.05) is 17.7 Å². The number of carbonyl (C=O) groups is 1. The summed E-state index contributed by atoms with van der Waals surface area (Å²) in [4.78, 5) is 22.7. The van der Waals surface area contributed by atoms with Crippen molar-refractivity contribution in [1.29, 1.82) is 5.26 Å². The van der Waals surface area contributed by atoms with Crippen molar-refractivity contribution >= 4 is 17.8 Å². The smallest absolute Gasteiger partial charge is 0.275 e. The molecule has 3 aromatic rings. The van der Waals surface area contributed by atoms with E-state index in [-0.39, 0.29) is 23.6 Å². The minimum absolute atomic E-state index is 0.000230. The molecule has 3 aromatic carbocycles. The van der Waals surface area contributed by atoms with Crippen molar-refractivity contribution in [3.8, 4) is 17.6 Å². The average Bonchev–Trinajstić information content (AvgIpc) is 2.83. The number of rotatable bonds is 8. The predicted molar refractivity (Wildman–Crippen MR) is 117 cm³/mol. The second-order valence-electron chi connectivity index (χ2n) is 6.47. The first-order valence-corrected chi connectivity index (χ1v) is 9.38. The maximum atomic E-state index is 12.3. The number of hydrogen-bond acceptors (Lipinski definition) is 7. The summed E-state index contributed by atoms with van der Waals surface area (Å²) in [6, 6.07) is 20.0. The lowest BCUT2D eigenvalue weighted by molar-refractivity contribution is -0.384. The van der Waals surface area contributed by atoms with Crippen molar-refractivity contribution in [2.24, 2.45) is 5.10 Å². The molecule has 0 aliphatic heterocycles. The molecule has 9 nitrogen and oxygen atoms in total. The van der Waals surface area contributed by atoms with Crippen LogP contribution in [0.3, 0.4) is 0 Å². The van der Waals surface area contributed by atoms with Crippen molar-refractivity contribution < 1.29 is 19.2 Å². The highest BCUT2D eigenvalue weighted by molar-refractivity contribution is 5.98. The van der Waals surface area contributed by atoms with Crippen LogP contribution in [0.25, 0.3) is 0 Å². The van der Waals surface area contributed by atoms with E-state index in [0.717, 1.165) is 11.6 Å². The molecular weight excluding hydrogens is 412 g/mol. The Labute approximate surface area is 183 Å². The van der Waals surface area contributed by atoms with Crippen LogP contribution in [0.15, 0.2) is 71.8 Å². The fraction of sp³-hybridized carbons (Fsp3) is 0.0870. The van der Waals surface area contributed by atoms with Gasteiger partial charge in [-0.25, -0.2) is 5.43 Å². The maximum Gasteiger partial charge on any atom is 0.275 e. The Hall–Kier alpha value is -4.71. The maximum absolute atomic E-state index is 12.3. The minimum atomic E-state index is -0.641. The number of ether oxygens (including phenoxy) is 2. The lowest BCUT2D eigenvalue weighted by Gasteiger charge is -2.08. The van der Waals surface area contributed by atoms with E-state index in [1.54, 1.807) is 36.4 Å². The molecule has 0 saturated heterocycles. The number of nitro groups is 1. The Morgan fingerprint density at radius 1 is 1.19 bits per heavy atom. The number of methoxy groups -OCH3 is 1. The molecular formula is C23H18N4O5. The SMILES string of the molecule is COc1ccc([N+](=O)[O-])cc1C(=O)N/N=C\c1ccc(OCc2ccccc2C#N)cc1. The van der Waals surface area contributed by atoms with E-state index < -0.39 is 10.8 Å². The van der Waals surface area contributed by atoms with E-state index in [1.807, 2.05) is 12.1 Å². The first-order chi connectivity index (χ1) is 15.5. The standard InChI is InChI=1S/C23H18N4O5/c1-31-22-11-8-19(27(29)30)12-21(22)23(28)26-25-14-16-6-9-20(10-7-16)32-15-18-5-3-2-4-17(18)13-24/h2-12,14H,15H2,1H3,(H,26,28)/b25-14-. The molecule has 0 atom stereocenters. The van der Waals surface area contributed by atoms with E-state index in [2.05, 4.69) is 16.6 Å². The fourth-order valence-corrected chi connectivity index (χ4v) is 2.78. The molecule has 0 radical (unpaired) electrons. The molecule has 0 unspecified atom stereocenters. The van der Waals surface area contributed by atoms with Crippen LogP contribution in [0.1, 0.15) is 27.0 Å². The summed E-state index contributed by atoms with van der Waals surface area (Å²) in [6.45, 7) is 0.262. The topological polar surface area (TPSA) is 127 Å². The van der Waals surface area contributed by atoms with Crippen LogP contribution in [0.2, 0.25) is 0 Å². The van der Waals surface area contributed by atoms with Crippen molar-refractivity contribution in [3.63, 3.8) is 0 Å². The number of carbonyl (C=O) groups excluding carboxylic acids is 1. The lowest BCUT2D eigenvalue weighted by Crippen LogP contribution is -2.18. The van der Waals surface area contributed by atoms with Gasteiger partial charge in [-0.2, -0.15) is 10.4 Å². The summed E-state index contributed by atoms with van der Waals surface area (Å²) in [6.07, 6.45) is 1.43. The number of hydrazone groups is 1. The molecule has 32 heavy (non-hydrogen) atoms. The zero-order chi connectivity index (χ0) is 22.9. The van der Waals surface area contributed by atoms with Crippen molar-refractivity contribution in [1.82, 2.24) is 5.43 Å². The van der Waals surface area contributed by atoms with Crippen LogP contribution in [0.5, 0.6) is 11.5 Å². The van der Waals surface area contributed by atoms with Gasteiger partial charge in [-0.3, -0.25) is 14.9 Å². The van der Waals surface area contributed by atoms with Gasteiger partial charge in [0.05, 0.1) is 35.4 Å². The lowest BCUT2D eigenvalue weighted by atomic mass is 10.1. The van der Waals surface area contributed by atoms with E-state index in [0.29, 0.717) is 16.9 Å². The molecule has 0 bridgehead atoms. The van der Waals surface area contributed by atoms with Gasteiger partial charge >= 0.3 is 0 Å². The third kappa shape index (κ3) is 5.46. The highest BCUT2D eigenvalue weighted by Gasteiger charge is 2.17. The highest BCUT2D eigenvalue weighted by Crippen LogP contribution is 2.23. The van der Waals surface area contributed by atoms with Crippen molar-refractivity contribution in [2.75, 3.05) is 7.11 Å². The Morgan fingerprint density at radius 3 is 2.62 bits per heavy atom. The van der Waals surface area contributed by atoms with Crippen LogP contribution in [0.4, 0.5) is 5.69 Å². The van der Waals surface area contributed by atoms with Gasteiger partial charge in [0.2, 0.25) is 0 Å². The van der Waals surface area contributed by atoms with E-state index >= 15 is 0 Å². The third-order valence-corrected chi connectivity index (χ3v) is 4.43. The fourth-order valence-electron chi connectivity index (χ4n) is 2.78. The molecule has 0 heterocycles. The summed E-state index contributed by atoms with van der Waals surface area (Å²) in [5.74, 6) is 0.168. The van der Waals surface area contributed by atoms with E-state index in [4.69, 9.17) is 14.7 Å². The van der Waals surface area contributed by atoms with Crippen LogP contribution < -0.4 is 14.9 Å². The monoisotopic (exact) mass is 430 g/mol. The Bertz CT molecular complexity index is 1200. The summed E-state index contributed by atoms with van der Waals surface area (Å²) in [5, 5.41) is 24.0. The van der Waals surface area contributed by atoms with Gasteiger partial charge < -0.3 is 9.47 Å². The van der Waals surface area contributed by atoms with Gasteiger partial charge in [0.1, 0.15) is 18.1 Å². The zero-order valence-electron chi connectivity index (χ0n) is 17.0. The van der Waals surface area contributed by atoms with Gasteiger partial charge in [-0.15, -0.1) is 0 Å². The third-order valence-electron chi connectivity index (χ3n) is 4.43. The summed E-state index contributed by atoms with van der Waals surface area (Å²) in [7, 11) is 1.36. The van der Waals surface area contributed by atoms with Gasteiger partial charge in [-0.05, 0) is 42.0 Å².